The number of aromatic amines is 1. The summed E-state index contributed by atoms with van der Waals surface area (Å²) in [5.74, 6) is 0.181. The molecule has 0 unspecified atom stereocenters. The first kappa shape index (κ1) is 11.3. The van der Waals surface area contributed by atoms with Gasteiger partial charge in [-0.1, -0.05) is 15.9 Å². The van der Waals surface area contributed by atoms with E-state index >= 15 is 0 Å². The lowest BCUT2D eigenvalue weighted by Crippen LogP contribution is -1.86. The lowest BCUT2D eigenvalue weighted by molar-refractivity contribution is 0.630. The molecule has 2 heterocycles. The van der Waals surface area contributed by atoms with E-state index in [4.69, 9.17) is 0 Å². The Morgan fingerprint density at radius 3 is 2.89 bits per heavy atom. The zero-order valence-corrected chi connectivity index (χ0v) is 11.1. The summed E-state index contributed by atoms with van der Waals surface area (Å²) in [5.41, 5.74) is 2.91. The fourth-order valence-corrected chi connectivity index (χ4v) is 2.20. The van der Waals surface area contributed by atoms with E-state index in [-0.39, 0.29) is 5.82 Å². The minimum atomic E-state index is -0.310. The Labute approximate surface area is 111 Å². The zero-order chi connectivity index (χ0) is 12.7. The summed E-state index contributed by atoms with van der Waals surface area (Å²) >= 11 is 3.33. The Morgan fingerprint density at radius 2 is 2.11 bits per heavy atom. The second-order valence-corrected chi connectivity index (χ2v) is 4.95. The standard InChI is InChI=1S/C13H9BrFN3/c1-7-4-5-16-13-11(7)17-12(18-13)9-6-8(14)2-3-10(9)15/h2-6H,1H3,(H,16,17,18). The van der Waals surface area contributed by atoms with E-state index in [0.29, 0.717) is 17.0 Å². The van der Waals surface area contributed by atoms with Crippen LogP contribution in [0.2, 0.25) is 0 Å². The third-order valence-corrected chi connectivity index (χ3v) is 3.28. The molecular weight excluding hydrogens is 297 g/mol. The van der Waals surface area contributed by atoms with Gasteiger partial charge in [-0.15, -0.1) is 0 Å². The minimum absolute atomic E-state index is 0.310. The highest BCUT2D eigenvalue weighted by atomic mass is 79.9. The van der Waals surface area contributed by atoms with Crippen LogP contribution in [0.25, 0.3) is 22.6 Å². The normalized spacial score (nSPS) is 11.1. The van der Waals surface area contributed by atoms with Crippen LogP contribution in [0.1, 0.15) is 5.56 Å². The molecule has 3 nitrogen and oxygen atoms in total. The molecule has 2 aromatic heterocycles. The quantitative estimate of drug-likeness (QED) is 0.742. The number of benzene rings is 1. The van der Waals surface area contributed by atoms with Crippen LogP contribution in [0.15, 0.2) is 34.9 Å². The van der Waals surface area contributed by atoms with E-state index in [1.54, 1.807) is 18.3 Å². The van der Waals surface area contributed by atoms with Gasteiger partial charge in [-0.05, 0) is 36.8 Å². The molecule has 0 aliphatic heterocycles. The van der Waals surface area contributed by atoms with E-state index < -0.39 is 0 Å². The van der Waals surface area contributed by atoms with Crippen molar-refractivity contribution in [2.75, 3.05) is 0 Å². The number of halogens is 2. The van der Waals surface area contributed by atoms with Gasteiger partial charge in [0.25, 0.3) is 0 Å². The van der Waals surface area contributed by atoms with E-state index in [9.17, 15) is 4.39 Å². The Morgan fingerprint density at radius 1 is 1.28 bits per heavy atom. The number of fused-ring (bicyclic) bond motifs is 1. The molecular formula is C13H9BrFN3. The molecule has 1 N–H and O–H groups in total. The maximum atomic E-state index is 13.8. The molecule has 0 saturated carbocycles. The van der Waals surface area contributed by atoms with E-state index in [0.717, 1.165) is 15.6 Å². The first-order valence-electron chi connectivity index (χ1n) is 5.42. The highest BCUT2D eigenvalue weighted by Crippen LogP contribution is 2.26. The van der Waals surface area contributed by atoms with Crippen molar-refractivity contribution in [3.05, 3.63) is 46.3 Å². The van der Waals surface area contributed by atoms with Crippen molar-refractivity contribution < 1.29 is 4.39 Å². The van der Waals surface area contributed by atoms with Crippen LogP contribution >= 0.6 is 15.9 Å². The zero-order valence-electron chi connectivity index (χ0n) is 9.54. The molecule has 0 fully saturated rings. The highest BCUT2D eigenvalue weighted by Gasteiger charge is 2.12. The second kappa shape index (κ2) is 4.17. The number of aromatic nitrogens is 3. The van der Waals surface area contributed by atoms with Gasteiger partial charge in [-0.25, -0.2) is 14.4 Å². The summed E-state index contributed by atoms with van der Waals surface area (Å²) < 4.78 is 14.6. The van der Waals surface area contributed by atoms with Gasteiger partial charge in [0.2, 0.25) is 0 Å². The van der Waals surface area contributed by atoms with Crippen molar-refractivity contribution in [3.63, 3.8) is 0 Å². The molecule has 3 rings (SSSR count). The number of rotatable bonds is 1. The predicted molar refractivity (Wildman–Crippen MR) is 71.7 cm³/mol. The minimum Gasteiger partial charge on any atom is -0.336 e. The summed E-state index contributed by atoms with van der Waals surface area (Å²) in [6.07, 6.45) is 1.69. The first-order chi connectivity index (χ1) is 8.65. The van der Waals surface area contributed by atoms with Crippen LogP contribution in [0, 0.1) is 12.7 Å². The molecule has 0 atom stereocenters. The Kier molecular flexibility index (Phi) is 2.63. The monoisotopic (exact) mass is 305 g/mol. The van der Waals surface area contributed by atoms with Gasteiger partial charge in [0.1, 0.15) is 11.6 Å². The van der Waals surface area contributed by atoms with Crippen molar-refractivity contribution in [1.82, 2.24) is 15.0 Å². The molecule has 0 aliphatic carbocycles. The average molecular weight is 306 g/mol. The van der Waals surface area contributed by atoms with Gasteiger partial charge < -0.3 is 4.98 Å². The number of hydrogen-bond donors (Lipinski definition) is 1. The molecule has 0 spiro atoms. The second-order valence-electron chi connectivity index (χ2n) is 4.04. The number of aryl methyl sites for hydroxylation is 1. The smallest absolute Gasteiger partial charge is 0.178 e. The Balaban J connectivity index is 2.26. The van der Waals surface area contributed by atoms with Crippen LogP contribution in [0.5, 0.6) is 0 Å². The summed E-state index contributed by atoms with van der Waals surface area (Å²) in [7, 11) is 0. The van der Waals surface area contributed by atoms with Gasteiger partial charge in [0.05, 0.1) is 11.1 Å². The summed E-state index contributed by atoms with van der Waals surface area (Å²) in [6.45, 7) is 1.96. The third kappa shape index (κ3) is 1.80. The summed E-state index contributed by atoms with van der Waals surface area (Å²) in [6, 6.07) is 6.65. The number of imidazole rings is 1. The molecule has 1 aromatic carbocycles. The topological polar surface area (TPSA) is 41.6 Å². The van der Waals surface area contributed by atoms with Crippen LogP contribution in [0.3, 0.4) is 0 Å². The number of H-pyrrole nitrogens is 1. The predicted octanol–water partition coefficient (Wildman–Crippen LogP) is 3.83. The van der Waals surface area contributed by atoms with Crippen LogP contribution in [-0.2, 0) is 0 Å². The van der Waals surface area contributed by atoms with Gasteiger partial charge >= 0.3 is 0 Å². The van der Waals surface area contributed by atoms with Gasteiger partial charge in [0, 0.05) is 10.7 Å². The van der Waals surface area contributed by atoms with Crippen molar-refractivity contribution >= 4 is 27.1 Å². The maximum absolute atomic E-state index is 13.8. The molecule has 5 heteroatoms. The molecule has 0 radical (unpaired) electrons. The largest absolute Gasteiger partial charge is 0.336 e. The van der Waals surface area contributed by atoms with Crippen LogP contribution in [-0.4, -0.2) is 15.0 Å². The molecule has 0 aliphatic rings. The summed E-state index contributed by atoms with van der Waals surface area (Å²) in [5, 5.41) is 0. The van der Waals surface area contributed by atoms with Crippen molar-refractivity contribution in [2.45, 2.75) is 6.92 Å². The van der Waals surface area contributed by atoms with Gasteiger partial charge in [0.15, 0.2) is 5.65 Å². The van der Waals surface area contributed by atoms with Gasteiger partial charge in [-0.3, -0.25) is 0 Å². The molecule has 90 valence electrons. The highest BCUT2D eigenvalue weighted by molar-refractivity contribution is 9.10. The Bertz CT molecular complexity index is 736. The SMILES string of the molecule is Cc1ccnc2nc(-c3cc(Br)ccc3F)[nH]c12. The lowest BCUT2D eigenvalue weighted by atomic mass is 10.2. The molecule has 3 aromatic rings. The van der Waals surface area contributed by atoms with Crippen LogP contribution in [0.4, 0.5) is 4.39 Å². The van der Waals surface area contributed by atoms with Gasteiger partial charge in [-0.2, -0.15) is 0 Å². The van der Waals surface area contributed by atoms with Crippen molar-refractivity contribution in [2.24, 2.45) is 0 Å². The number of hydrogen-bond acceptors (Lipinski definition) is 2. The molecule has 18 heavy (non-hydrogen) atoms. The molecule has 0 saturated heterocycles. The number of nitrogens with one attached hydrogen (secondary N) is 1. The Hall–Kier alpha value is -1.75. The molecule has 0 amide bonds. The summed E-state index contributed by atoms with van der Waals surface area (Å²) in [4.78, 5) is 11.6. The first-order valence-corrected chi connectivity index (χ1v) is 6.21. The lowest BCUT2D eigenvalue weighted by Gasteiger charge is -1.99. The maximum Gasteiger partial charge on any atom is 0.178 e. The van der Waals surface area contributed by atoms with E-state index in [1.807, 2.05) is 13.0 Å². The number of pyridine rings is 1. The fraction of sp³-hybridized carbons (Fsp3) is 0.0769. The van der Waals surface area contributed by atoms with E-state index in [1.165, 1.54) is 6.07 Å². The molecule has 0 bridgehead atoms. The van der Waals surface area contributed by atoms with Crippen LogP contribution < -0.4 is 0 Å². The van der Waals surface area contributed by atoms with E-state index in [2.05, 4.69) is 30.9 Å². The third-order valence-electron chi connectivity index (χ3n) is 2.78. The number of nitrogens with zero attached hydrogens (tertiary/aromatic N) is 2. The van der Waals surface area contributed by atoms with Crippen molar-refractivity contribution in [3.8, 4) is 11.4 Å². The fourth-order valence-electron chi connectivity index (χ4n) is 1.84. The van der Waals surface area contributed by atoms with Crippen molar-refractivity contribution in [1.29, 1.82) is 0 Å². The average Bonchev–Trinajstić information content (AvgIpc) is 2.77.